The molecule has 5 rings (SSSR count). The number of anilines is 1. The maximum atomic E-state index is 13.8. The quantitative estimate of drug-likeness (QED) is 0.180. The van der Waals surface area contributed by atoms with E-state index in [-0.39, 0.29) is 39.6 Å². The Morgan fingerprint density at radius 1 is 1.02 bits per heavy atom. The van der Waals surface area contributed by atoms with Gasteiger partial charge in [0.15, 0.2) is 0 Å². The Morgan fingerprint density at radius 2 is 1.72 bits per heavy atom. The van der Waals surface area contributed by atoms with Crippen molar-refractivity contribution in [3.05, 3.63) is 86.6 Å². The fraction of sp³-hybridized carbons (Fsp3) is 0.324. The summed E-state index contributed by atoms with van der Waals surface area (Å²) in [5, 5.41) is 29.9. The number of likely N-dealkylation sites (tertiary alicyclic amines) is 1. The lowest BCUT2D eigenvalue weighted by Crippen LogP contribution is -2.56. The molecule has 1 aromatic heterocycles. The Hall–Kier alpha value is -5.43. The maximum absolute atomic E-state index is 13.8. The molecule has 2 bridgehead atoms. The molecule has 1 fully saturated rings. The first kappa shape index (κ1) is 32.9. The third kappa shape index (κ3) is 6.89. The van der Waals surface area contributed by atoms with Crippen LogP contribution < -0.4 is 37.7 Å². The highest BCUT2D eigenvalue weighted by molar-refractivity contribution is 6.00. The molecule has 2 aliphatic rings. The molecule has 1 aliphatic carbocycles. The van der Waals surface area contributed by atoms with Crippen molar-refractivity contribution in [3.8, 4) is 0 Å². The highest BCUT2D eigenvalue weighted by Gasteiger charge is 2.38. The summed E-state index contributed by atoms with van der Waals surface area (Å²) >= 11 is 0. The lowest BCUT2D eigenvalue weighted by Gasteiger charge is -2.29. The summed E-state index contributed by atoms with van der Waals surface area (Å²) in [6, 6.07) is 8.35. The molecule has 1 aliphatic heterocycles. The Morgan fingerprint density at radius 3 is 2.43 bits per heavy atom. The number of aryl methyl sites for hydroxylation is 1. The van der Waals surface area contributed by atoms with Crippen LogP contribution in [0.15, 0.2) is 63.8 Å². The summed E-state index contributed by atoms with van der Waals surface area (Å²) in [7, 11) is 0. The van der Waals surface area contributed by atoms with Gasteiger partial charge in [0, 0.05) is 35.3 Å². The number of aliphatic hydroxyl groups excluding tert-OH is 2. The number of aliphatic hydroxyl groups is 2. The van der Waals surface area contributed by atoms with E-state index in [2.05, 4.69) is 16.0 Å². The number of carbonyl (C=O) groups is 4. The third-order valence-electron chi connectivity index (χ3n) is 8.35. The van der Waals surface area contributed by atoms with Crippen LogP contribution in [0.2, 0.25) is 0 Å². The van der Waals surface area contributed by atoms with Crippen molar-refractivity contribution in [2.45, 2.75) is 64.2 Å². The van der Waals surface area contributed by atoms with E-state index < -0.39 is 53.4 Å². The van der Waals surface area contributed by atoms with Crippen LogP contribution in [-0.4, -0.2) is 69.5 Å². The first-order valence-corrected chi connectivity index (χ1v) is 15.3. The van der Waals surface area contributed by atoms with Gasteiger partial charge in [0.05, 0.1) is 6.04 Å². The lowest BCUT2D eigenvalue weighted by molar-refractivity contribution is -0.141. The number of nitrogens with zero attached hydrogens (tertiary/aromatic N) is 1. The molecule has 0 spiro atoms. The van der Waals surface area contributed by atoms with Gasteiger partial charge in [-0.3, -0.25) is 19.2 Å². The average Bonchev–Trinajstić information content (AvgIpc) is 3.52. The zero-order valence-electron chi connectivity index (χ0n) is 26.2. The predicted molar refractivity (Wildman–Crippen MR) is 174 cm³/mol. The summed E-state index contributed by atoms with van der Waals surface area (Å²) in [4.78, 5) is 66.9. The highest BCUT2D eigenvalue weighted by atomic mass is 16.4. The monoisotopic (exact) mass is 643 g/mol. The molecule has 4 amide bonds. The molecule has 4 atom stereocenters. The smallest absolute Gasteiger partial charge is 0.347 e. The second-order valence-electron chi connectivity index (χ2n) is 11.8. The number of rotatable bonds is 9. The number of hydrogen-bond acceptors (Lipinski definition) is 9. The zero-order chi connectivity index (χ0) is 34.0. The molecular weight excluding hydrogens is 606 g/mol. The van der Waals surface area contributed by atoms with Gasteiger partial charge in [0.25, 0.3) is 0 Å². The van der Waals surface area contributed by atoms with Crippen molar-refractivity contribution in [2.24, 2.45) is 5.73 Å². The Balaban J connectivity index is 1.43. The van der Waals surface area contributed by atoms with Crippen molar-refractivity contribution in [1.29, 1.82) is 0 Å². The molecule has 0 saturated carbocycles. The van der Waals surface area contributed by atoms with Crippen molar-refractivity contribution in [2.75, 3.05) is 11.9 Å². The minimum atomic E-state index is -1.09. The largest absolute Gasteiger partial charge is 0.507 e. The van der Waals surface area contributed by atoms with Gasteiger partial charge in [0.2, 0.25) is 23.6 Å². The van der Waals surface area contributed by atoms with Gasteiger partial charge in [0.1, 0.15) is 40.4 Å². The summed E-state index contributed by atoms with van der Waals surface area (Å²) in [5.41, 5.74) is 6.25. The first-order chi connectivity index (χ1) is 22.3. The van der Waals surface area contributed by atoms with E-state index in [1.165, 1.54) is 43.0 Å². The normalized spacial score (nSPS) is 17.5. The molecule has 246 valence electrons. The van der Waals surface area contributed by atoms with E-state index in [0.29, 0.717) is 30.3 Å². The van der Waals surface area contributed by atoms with Crippen LogP contribution in [0.5, 0.6) is 0 Å². The zero-order valence-corrected chi connectivity index (χ0v) is 26.2. The Bertz CT molecular complexity index is 1970. The molecule has 47 heavy (non-hydrogen) atoms. The SMILES string of the molecule is Cc1c2c(=O)oc3cc(NC(=O)[C@H](Cc4ccccc4)NC(=O)[C@@H]4CCCN4C(=O)[C@H](C)NC(=O)[C@H](C)N)cc(c13)=C(O)C=CC=2O. The molecule has 1 saturated heterocycles. The number of carbonyl (C=O) groups excluding carboxylic acids is 4. The molecule has 0 unspecified atom stereocenters. The molecule has 7 N–H and O–H groups in total. The van der Waals surface area contributed by atoms with E-state index in [4.69, 9.17) is 10.2 Å². The van der Waals surface area contributed by atoms with Gasteiger partial charge in [-0.2, -0.15) is 0 Å². The van der Waals surface area contributed by atoms with Gasteiger partial charge in [-0.25, -0.2) is 4.79 Å². The van der Waals surface area contributed by atoms with Crippen molar-refractivity contribution < 1.29 is 33.8 Å². The molecule has 2 heterocycles. The summed E-state index contributed by atoms with van der Waals surface area (Å²) in [6.45, 7) is 4.95. The Kier molecular flexibility index (Phi) is 9.47. The van der Waals surface area contributed by atoms with Crippen molar-refractivity contribution in [1.82, 2.24) is 15.5 Å². The van der Waals surface area contributed by atoms with Crippen LogP contribution in [0.25, 0.3) is 22.5 Å². The van der Waals surface area contributed by atoms with Crippen LogP contribution in [-0.2, 0) is 25.6 Å². The Labute approximate surface area is 269 Å². The number of hydrogen-bond donors (Lipinski definition) is 6. The second-order valence-corrected chi connectivity index (χ2v) is 11.8. The standard InChI is InChI=1S/C34H37N5O8/c1-17-28-22-15-21(16-27(28)47-34(46)29(17)26(41)12-11-25(22)40)37-31(43)23(14-20-8-5-4-6-9-20)38-32(44)24-10-7-13-39(24)33(45)19(3)36-30(42)18(2)35/h4-6,8-9,11-12,15-16,18-19,23-24,40-41H,7,10,13-14,35H2,1-3H3,(H,36,42)(H,37,43)(H,38,44)/t18-,19-,23-,24-/m0/s1. The molecule has 2 aromatic carbocycles. The fourth-order valence-electron chi connectivity index (χ4n) is 5.93. The summed E-state index contributed by atoms with van der Waals surface area (Å²) < 4.78 is 5.47. The number of nitrogens with two attached hydrogens (primary N) is 1. The van der Waals surface area contributed by atoms with Gasteiger partial charge in [-0.15, -0.1) is 0 Å². The van der Waals surface area contributed by atoms with Crippen LogP contribution in [0.4, 0.5) is 5.69 Å². The van der Waals surface area contributed by atoms with Gasteiger partial charge in [-0.05, 0) is 63.0 Å². The van der Waals surface area contributed by atoms with E-state index >= 15 is 0 Å². The van der Waals surface area contributed by atoms with Gasteiger partial charge >= 0.3 is 5.63 Å². The average molecular weight is 644 g/mol. The lowest BCUT2D eigenvalue weighted by atomic mass is 10.0. The fourth-order valence-corrected chi connectivity index (χ4v) is 5.93. The predicted octanol–water partition coefficient (Wildman–Crippen LogP) is 0.513. The molecule has 13 nitrogen and oxygen atoms in total. The maximum Gasteiger partial charge on any atom is 0.347 e. The van der Waals surface area contributed by atoms with Gasteiger partial charge in [-0.1, -0.05) is 30.3 Å². The summed E-state index contributed by atoms with van der Waals surface area (Å²) in [6.07, 6.45) is 3.47. The number of fused-ring (bicyclic) bond motifs is 1. The molecule has 0 radical (unpaired) electrons. The van der Waals surface area contributed by atoms with E-state index in [9.17, 15) is 34.2 Å². The number of amides is 4. The topological polar surface area (TPSA) is 204 Å². The van der Waals surface area contributed by atoms with Gasteiger partial charge < -0.3 is 41.2 Å². The number of nitrogens with one attached hydrogen (secondary N) is 3. The summed E-state index contributed by atoms with van der Waals surface area (Å²) in [5.74, 6) is -2.63. The minimum Gasteiger partial charge on any atom is -0.507 e. The van der Waals surface area contributed by atoms with Crippen LogP contribution >= 0.6 is 0 Å². The van der Waals surface area contributed by atoms with E-state index in [1.54, 1.807) is 19.1 Å². The van der Waals surface area contributed by atoms with Crippen molar-refractivity contribution >= 4 is 51.8 Å². The number of benzene rings is 2. The van der Waals surface area contributed by atoms with E-state index in [1.807, 2.05) is 18.2 Å². The molecule has 3 aromatic rings. The highest BCUT2D eigenvalue weighted by Crippen LogP contribution is 2.21. The van der Waals surface area contributed by atoms with Crippen LogP contribution in [0, 0.1) is 6.92 Å². The minimum absolute atomic E-state index is 0.0323. The second kappa shape index (κ2) is 13.5. The van der Waals surface area contributed by atoms with E-state index in [0.717, 1.165) is 5.56 Å². The first-order valence-electron chi connectivity index (χ1n) is 15.3. The van der Waals surface area contributed by atoms with Crippen LogP contribution in [0.3, 0.4) is 0 Å². The van der Waals surface area contributed by atoms with Crippen LogP contribution in [0.1, 0.15) is 37.8 Å². The molecular formula is C34H37N5O8. The van der Waals surface area contributed by atoms with Crippen molar-refractivity contribution in [3.63, 3.8) is 0 Å². The molecule has 13 heteroatoms. The third-order valence-corrected chi connectivity index (χ3v) is 8.35.